The molecule has 7 nitrogen and oxygen atoms in total. The van der Waals surface area contributed by atoms with Gasteiger partial charge in [0.1, 0.15) is 12.3 Å². The molecule has 0 fully saturated rings. The summed E-state index contributed by atoms with van der Waals surface area (Å²) in [5, 5.41) is 9.94. The largest absolute Gasteiger partial charge is 0.497 e. The van der Waals surface area contributed by atoms with E-state index in [1.165, 1.54) is 0 Å². The number of nitrogens with zero attached hydrogens (tertiary/aromatic N) is 3. The first-order valence-electron chi connectivity index (χ1n) is 8.37. The molecule has 1 amide bonds. The summed E-state index contributed by atoms with van der Waals surface area (Å²) in [4.78, 5) is 14.5. The van der Waals surface area contributed by atoms with Crippen molar-refractivity contribution in [2.24, 2.45) is 0 Å². The fourth-order valence-corrected chi connectivity index (χ4v) is 2.71. The molecule has 136 valence electrons. The van der Waals surface area contributed by atoms with E-state index in [2.05, 4.69) is 34.3 Å². The number of aromatic nitrogens is 3. The second kappa shape index (κ2) is 9.33. The summed E-state index contributed by atoms with van der Waals surface area (Å²) < 4.78 is 7.28. The summed E-state index contributed by atoms with van der Waals surface area (Å²) in [5.41, 5.74) is 0.865. The number of H-pyrrole nitrogens is 1. The maximum absolute atomic E-state index is 12.2. The average Bonchev–Trinajstić information content (AvgIpc) is 2.99. The number of carbonyl (C=O) groups excluding carboxylic acids is 1. The molecule has 2 rings (SSSR count). The third kappa shape index (κ3) is 5.14. The Bertz CT molecular complexity index is 734. The zero-order valence-electron chi connectivity index (χ0n) is 14.9. The monoisotopic (exact) mass is 363 g/mol. The molecule has 0 radical (unpaired) electrons. The number of amides is 1. The van der Waals surface area contributed by atoms with Crippen molar-refractivity contribution >= 4 is 18.1 Å². The number of benzene rings is 1. The molecule has 0 spiro atoms. The summed E-state index contributed by atoms with van der Waals surface area (Å²) in [6.45, 7) is 7.75. The van der Waals surface area contributed by atoms with Crippen molar-refractivity contribution in [3.63, 3.8) is 0 Å². The maximum Gasteiger partial charge on any atom is 0.240 e. The Kier molecular flexibility index (Phi) is 7.15. The van der Waals surface area contributed by atoms with Crippen LogP contribution in [0.15, 0.2) is 24.3 Å². The smallest absolute Gasteiger partial charge is 0.240 e. The first kappa shape index (κ1) is 19.1. The molecule has 1 aromatic heterocycles. The third-order valence-corrected chi connectivity index (χ3v) is 4.36. The van der Waals surface area contributed by atoms with E-state index < -0.39 is 0 Å². The molecule has 0 aliphatic heterocycles. The lowest BCUT2D eigenvalue weighted by Gasteiger charge is -2.18. The van der Waals surface area contributed by atoms with Crippen molar-refractivity contribution in [3.05, 3.63) is 29.0 Å². The summed E-state index contributed by atoms with van der Waals surface area (Å²) in [6.07, 6.45) is 0. The lowest BCUT2D eigenvalue weighted by atomic mass is 10.2. The summed E-state index contributed by atoms with van der Waals surface area (Å²) in [6, 6.07) is 7.47. The zero-order chi connectivity index (χ0) is 18.2. The molecule has 0 aliphatic carbocycles. The van der Waals surface area contributed by atoms with Gasteiger partial charge in [-0.1, -0.05) is 13.8 Å². The van der Waals surface area contributed by atoms with E-state index in [1.54, 1.807) is 11.7 Å². The standard InChI is InChI=1S/C17H25N5O2S/c1-4-21(5-2)11-10-18-15(23)12-22-16(19-20-17(22)25)13-6-8-14(24-3)9-7-13/h6-9H,4-5,10-12H2,1-3H3,(H,18,23)(H,20,25). The van der Waals surface area contributed by atoms with E-state index in [0.717, 1.165) is 30.9 Å². The molecule has 0 bridgehead atoms. The van der Waals surface area contributed by atoms with E-state index in [9.17, 15) is 4.79 Å². The lowest BCUT2D eigenvalue weighted by molar-refractivity contribution is -0.121. The van der Waals surface area contributed by atoms with Crippen molar-refractivity contribution < 1.29 is 9.53 Å². The van der Waals surface area contributed by atoms with E-state index in [1.807, 2.05) is 24.3 Å². The molecule has 25 heavy (non-hydrogen) atoms. The van der Waals surface area contributed by atoms with Crippen LogP contribution in [0.2, 0.25) is 0 Å². The van der Waals surface area contributed by atoms with Crippen LogP contribution in [0, 0.1) is 4.77 Å². The molecule has 0 saturated heterocycles. The number of methoxy groups -OCH3 is 1. The summed E-state index contributed by atoms with van der Waals surface area (Å²) in [7, 11) is 1.62. The molecule has 0 atom stereocenters. The van der Waals surface area contributed by atoms with Gasteiger partial charge in [0.25, 0.3) is 0 Å². The minimum atomic E-state index is -0.0839. The predicted octanol–water partition coefficient (Wildman–Crippen LogP) is 2.07. The Hall–Kier alpha value is -2.19. The second-order valence-electron chi connectivity index (χ2n) is 5.54. The molecule has 2 N–H and O–H groups in total. The molecule has 2 aromatic rings. The summed E-state index contributed by atoms with van der Waals surface area (Å²) >= 11 is 5.26. The first-order chi connectivity index (χ1) is 12.1. The predicted molar refractivity (Wildman–Crippen MR) is 100 cm³/mol. The Morgan fingerprint density at radius 2 is 2.00 bits per heavy atom. The SMILES string of the molecule is CCN(CC)CCNC(=O)Cn1c(-c2ccc(OC)cc2)n[nH]c1=S. The second-order valence-corrected chi connectivity index (χ2v) is 5.93. The van der Waals surface area contributed by atoms with Crippen molar-refractivity contribution in [1.29, 1.82) is 0 Å². The number of rotatable bonds is 9. The van der Waals surface area contributed by atoms with Gasteiger partial charge in [-0.15, -0.1) is 0 Å². The number of hydrogen-bond acceptors (Lipinski definition) is 5. The molecule has 0 aliphatic rings. The Balaban J connectivity index is 2.03. The van der Waals surface area contributed by atoms with E-state index >= 15 is 0 Å². The number of likely N-dealkylation sites (N-methyl/N-ethyl adjacent to an activating group) is 1. The van der Waals surface area contributed by atoms with Crippen LogP contribution in [-0.2, 0) is 11.3 Å². The van der Waals surface area contributed by atoms with Gasteiger partial charge >= 0.3 is 0 Å². The lowest BCUT2D eigenvalue weighted by Crippen LogP contribution is -2.36. The van der Waals surface area contributed by atoms with Crippen molar-refractivity contribution in [1.82, 2.24) is 25.0 Å². The van der Waals surface area contributed by atoms with Gasteiger partial charge in [0.05, 0.1) is 7.11 Å². The minimum absolute atomic E-state index is 0.0839. The molecular formula is C17H25N5O2S. The van der Waals surface area contributed by atoms with E-state index in [4.69, 9.17) is 17.0 Å². The van der Waals surface area contributed by atoms with Gasteiger partial charge in [-0.05, 0) is 49.6 Å². The third-order valence-electron chi connectivity index (χ3n) is 4.05. The van der Waals surface area contributed by atoms with E-state index in [0.29, 0.717) is 17.1 Å². The van der Waals surface area contributed by atoms with Gasteiger partial charge < -0.3 is 15.0 Å². The van der Waals surface area contributed by atoms with Crippen LogP contribution < -0.4 is 10.1 Å². The Morgan fingerprint density at radius 1 is 1.32 bits per heavy atom. The molecule has 0 saturated carbocycles. The number of carbonyl (C=O) groups is 1. The molecule has 8 heteroatoms. The number of nitrogens with one attached hydrogen (secondary N) is 2. The molecule has 1 heterocycles. The topological polar surface area (TPSA) is 75.2 Å². The first-order valence-corrected chi connectivity index (χ1v) is 8.78. The van der Waals surface area contributed by atoms with Crippen LogP contribution in [0.4, 0.5) is 0 Å². The highest BCUT2D eigenvalue weighted by Crippen LogP contribution is 2.20. The van der Waals surface area contributed by atoms with Gasteiger partial charge in [0, 0.05) is 18.7 Å². The van der Waals surface area contributed by atoms with Crippen molar-refractivity contribution in [3.8, 4) is 17.1 Å². The highest BCUT2D eigenvalue weighted by atomic mass is 32.1. The normalized spacial score (nSPS) is 10.9. The van der Waals surface area contributed by atoms with Gasteiger partial charge in [-0.3, -0.25) is 14.5 Å². The van der Waals surface area contributed by atoms with Crippen LogP contribution in [0.3, 0.4) is 0 Å². The van der Waals surface area contributed by atoms with Crippen LogP contribution in [0.5, 0.6) is 5.75 Å². The highest BCUT2D eigenvalue weighted by molar-refractivity contribution is 7.71. The fraction of sp³-hybridized carbons (Fsp3) is 0.471. The van der Waals surface area contributed by atoms with Crippen molar-refractivity contribution in [2.75, 3.05) is 33.3 Å². The minimum Gasteiger partial charge on any atom is -0.497 e. The van der Waals surface area contributed by atoms with Crippen LogP contribution in [0.25, 0.3) is 11.4 Å². The molecular weight excluding hydrogens is 338 g/mol. The van der Waals surface area contributed by atoms with Crippen LogP contribution in [-0.4, -0.2) is 58.9 Å². The zero-order valence-corrected chi connectivity index (χ0v) is 15.7. The quantitative estimate of drug-likeness (QED) is 0.667. The Morgan fingerprint density at radius 3 is 2.60 bits per heavy atom. The highest BCUT2D eigenvalue weighted by Gasteiger charge is 2.12. The van der Waals surface area contributed by atoms with Gasteiger partial charge in [-0.25, -0.2) is 0 Å². The van der Waals surface area contributed by atoms with Gasteiger partial charge in [0.15, 0.2) is 10.6 Å². The summed E-state index contributed by atoms with van der Waals surface area (Å²) in [5.74, 6) is 1.31. The van der Waals surface area contributed by atoms with Gasteiger partial charge in [-0.2, -0.15) is 5.10 Å². The fourth-order valence-electron chi connectivity index (χ4n) is 2.52. The van der Waals surface area contributed by atoms with Gasteiger partial charge in [0.2, 0.25) is 5.91 Å². The number of hydrogen-bond donors (Lipinski definition) is 2. The van der Waals surface area contributed by atoms with Crippen LogP contribution >= 0.6 is 12.2 Å². The Labute approximate surface area is 153 Å². The number of aromatic amines is 1. The number of ether oxygens (including phenoxy) is 1. The van der Waals surface area contributed by atoms with Crippen LogP contribution in [0.1, 0.15) is 13.8 Å². The van der Waals surface area contributed by atoms with E-state index in [-0.39, 0.29) is 12.5 Å². The maximum atomic E-state index is 12.2. The molecule has 1 aromatic carbocycles. The van der Waals surface area contributed by atoms with Crippen molar-refractivity contribution in [2.45, 2.75) is 20.4 Å². The molecule has 0 unspecified atom stereocenters. The average molecular weight is 363 g/mol.